The van der Waals surface area contributed by atoms with Crippen LogP contribution in [0.25, 0.3) is 6.08 Å². The summed E-state index contributed by atoms with van der Waals surface area (Å²) < 4.78 is 26.7. The van der Waals surface area contributed by atoms with Crippen LogP contribution in [-0.4, -0.2) is 66.2 Å². The molecule has 37 heavy (non-hydrogen) atoms. The van der Waals surface area contributed by atoms with Crippen LogP contribution in [0, 0.1) is 28.9 Å². The topological polar surface area (TPSA) is 79.6 Å². The number of rotatable bonds is 5. The van der Waals surface area contributed by atoms with Crippen LogP contribution in [0.2, 0.25) is 0 Å². The van der Waals surface area contributed by atoms with Crippen LogP contribution >= 0.6 is 0 Å². The van der Waals surface area contributed by atoms with Gasteiger partial charge in [0, 0.05) is 49.4 Å². The zero-order valence-corrected chi connectivity index (χ0v) is 20.8. The maximum absolute atomic E-state index is 13.3. The number of β-amino-alcohol motifs (C(OH)–C–C–N with tert-alkyl or cyclic N) is 1. The minimum absolute atomic E-state index is 0.0557. The summed E-state index contributed by atoms with van der Waals surface area (Å²) in [6.45, 7) is 4.42. The molecule has 6 nitrogen and oxygen atoms in total. The molecule has 1 atom stereocenters. The number of nitriles is 1. The van der Waals surface area contributed by atoms with E-state index >= 15 is 0 Å². The van der Waals surface area contributed by atoms with Crippen molar-refractivity contribution in [3.05, 3.63) is 70.8 Å². The fourth-order valence-corrected chi connectivity index (χ4v) is 6.04. The molecule has 2 aromatic rings. The first-order valence-corrected chi connectivity index (χ1v) is 13.0. The molecule has 3 aliphatic rings. The number of hydrogen-bond acceptors (Lipinski definition) is 5. The van der Waals surface area contributed by atoms with Gasteiger partial charge < -0.3 is 20.2 Å². The second-order valence-corrected chi connectivity index (χ2v) is 10.6. The number of halogens is 2. The fourth-order valence-electron chi connectivity index (χ4n) is 6.04. The number of hydrogen-bond donors (Lipinski definition) is 2. The van der Waals surface area contributed by atoms with Gasteiger partial charge in [0.25, 0.3) is 0 Å². The Kier molecular flexibility index (Phi) is 7.27. The molecular weight excluding hydrogens is 474 g/mol. The van der Waals surface area contributed by atoms with Gasteiger partial charge in [-0.3, -0.25) is 4.79 Å². The van der Waals surface area contributed by atoms with Crippen molar-refractivity contribution in [2.45, 2.75) is 37.2 Å². The van der Waals surface area contributed by atoms with Crippen molar-refractivity contribution in [1.82, 2.24) is 9.80 Å². The van der Waals surface area contributed by atoms with Gasteiger partial charge in [-0.2, -0.15) is 5.26 Å². The number of anilines is 1. The number of carbonyl (C=O) groups is 1. The quantitative estimate of drug-likeness (QED) is 0.602. The summed E-state index contributed by atoms with van der Waals surface area (Å²) in [5.41, 5.74) is 3.44. The lowest BCUT2D eigenvalue weighted by molar-refractivity contribution is -0.128. The lowest BCUT2D eigenvalue weighted by Gasteiger charge is -2.41. The van der Waals surface area contributed by atoms with E-state index in [2.05, 4.69) is 16.3 Å². The zero-order chi connectivity index (χ0) is 26.0. The molecule has 2 N–H and O–H groups in total. The lowest BCUT2D eigenvalue weighted by atomic mass is 9.74. The Labute approximate surface area is 216 Å². The zero-order valence-electron chi connectivity index (χ0n) is 20.8. The Morgan fingerprint density at radius 2 is 1.84 bits per heavy atom. The summed E-state index contributed by atoms with van der Waals surface area (Å²) >= 11 is 0. The van der Waals surface area contributed by atoms with E-state index in [1.165, 1.54) is 29.8 Å². The van der Waals surface area contributed by atoms with Crippen molar-refractivity contribution < 1.29 is 18.7 Å². The van der Waals surface area contributed by atoms with Crippen LogP contribution in [0.1, 0.15) is 42.4 Å². The molecule has 0 aliphatic carbocycles. The first-order chi connectivity index (χ1) is 17.8. The molecule has 0 saturated carbocycles. The number of aliphatic hydroxyl groups is 1. The van der Waals surface area contributed by atoms with Gasteiger partial charge in [0.2, 0.25) is 5.91 Å². The summed E-state index contributed by atoms with van der Waals surface area (Å²) in [6.07, 6.45) is 5.76. The Morgan fingerprint density at radius 1 is 1.14 bits per heavy atom. The smallest absolute Gasteiger partial charge is 0.246 e. The largest absolute Gasteiger partial charge is 0.392 e. The molecule has 1 unspecified atom stereocenters. The predicted octanol–water partition coefficient (Wildman–Crippen LogP) is 3.91. The summed E-state index contributed by atoms with van der Waals surface area (Å²) in [5, 5.41) is 23.8. The minimum Gasteiger partial charge on any atom is -0.392 e. The number of benzene rings is 2. The van der Waals surface area contributed by atoms with Gasteiger partial charge in [0.15, 0.2) is 0 Å². The third-order valence-electron chi connectivity index (χ3n) is 8.29. The molecular formula is C29H32F2N4O2. The molecule has 8 heteroatoms. The van der Waals surface area contributed by atoms with Crippen molar-refractivity contribution in [2.75, 3.05) is 44.6 Å². The number of likely N-dealkylation sites (tertiary alicyclic amines) is 2. The van der Waals surface area contributed by atoms with E-state index in [1.807, 2.05) is 18.2 Å². The third-order valence-corrected chi connectivity index (χ3v) is 8.29. The Hall–Kier alpha value is -3.28. The van der Waals surface area contributed by atoms with Crippen LogP contribution in [0.5, 0.6) is 0 Å². The number of fused-ring (bicyclic) bond motifs is 2. The number of nitrogens with zero attached hydrogens (tertiary/aromatic N) is 3. The molecule has 2 fully saturated rings. The summed E-state index contributed by atoms with van der Waals surface area (Å²) in [4.78, 5) is 16.6. The minimum atomic E-state index is -0.677. The van der Waals surface area contributed by atoms with Crippen LogP contribution in [0.3, 0.4) is 0 Å². The normalized spacial score (nSPS) is 20.5. The molecule has 1 amide bonds. The second-order valence-electron chi connectivity index (χ2n) is 10.6. The number of aliphatic hydroxyl groups excluding tert-OH is 1. The Morgan fingerprint density at radius 3 is 2.51 bits per heavy atom. The van der Waals surface area contributed by atoms with E-state index in [4.69, 9.17) is 0 Å². The second kappa shape index (κ2) is 10.6. The highest BCUT2D eigenvalue weighted by atomic mass is 19.1. The molecule has 0 bridgehead atoms. The van der Waals surface area contributed by atoms with Crippen LogP contribution in [0.15, 0.2) is 42.5 Å². The van der Waals surface area contributed by atoms with Crippen molar-refractivity contribution in [3.63, 3.8) is 0 Å². The molecule has 0 aromatic heterocycles. The predicted molar refractivity (Wildman–Crippen MR) is 138 cm³/mol. The molecule has 5 rings (SSSR count). The van der Waals surface area contributed by atoms with Crippen molar-refractivity contribution in [1.29, 1.82) is 5.26 Å². The Balaban J connectivity index is 1.09. The highest BCUT2D eigenvalue weighted by Gasteiger charge is 2.42. The highest BCUT2D eigenvalue weighted by Crippen LogP contribution is 2.44. The molecule has 1 spiro atoms. The van der Waals surface area contributed by atoms with E-state index in [-0.39, 0.29) is 17.2 Å². The van der Waals surface area contributed by atoms with Crippen molar-refractivity contribution in [2.24, 2.45) is 5.92 Å². The van der Waals surface area contributed by atoms with Gasteiger partial charge in [-0.05, 0) is 92.2 Å². The standard InChI is InChI=1S/C29H32F2N4O2/c30-23-13-20(14-24(31)16-23)2-4-28(37)35-9-5-22(6-10-35)27(36)18-34-11-7-29(8-12-34)19-33-26-3-1-21(17-32)15-25(26)29/h1-4,13-16,22,27,33,36H,5-12,18-19H2/b4-2+. The molecule has 3 heterocycles. The first kappa shape index (κ1) is 25.4. The monoisotopic (exact) mass is 506 g/mol. The van der Waals surface area contributed by atoms with Gasteiger partial charge in [-0.25, -0.2) is 8.78 Å². The molecule has 3 aliphatic heterocycles. The average Bonchev–Trinajstić information content (AvgIpc) is 3.25. The van der Waals surface area contributed by atoms with E-state index in [9.17, 15) is 23.9 Å². The van der Waals surface area contributed by atoms with Crippen LogP contribution in [0.4, 0.5) is 14.5 Å². The SMILES string of the molecule is N#Cc1ccc2c(c1)C1(CCN(CC(O)C3CCN(C(=O)/C=C/c4cc(F)cc(F)c4)CC3)CC1)CN2. The van der Waals surface area contributed by atoms with Gasteiger partial charge in [0.05, 0.1) is 17.7 Å². The molecule has 2 saturated heterocycles. The van der Waals surface area contributed by atoms with E-state index in [0.717, 1.165) is 57.1 Å². The summed E-state index contributed by atoms with van der Waals surface area (Å²) in [6, 6.07) is 11.3. The maximum atomic E-state index is 13.3. The number of carbonyl (C=O) groups excluding carboxylic acids is 1. The highest BCUT2D eigenvalue weighted by molar-refractivity contribution is 5.91. The first-order valence-electron chi connectivity index (χ1n) is 13.0. The van der Waals surface area contributed by atoms with E-state index < -0.39 is 17.7 Å². The number of nitrogens with one attached hydrogen (secondary N) is 1. The Bertz CT molecular complexity index is 1200. The molecule has 0 radical (unpaired) electrons. The maximum Gasteiger partial charge on any atom is 0.246 e. The van der Waals surface area contributed by atoms with E-state index in [1.54, 1.807) is 4.90 Å². The number of piperidine rings is 2. The van der Waals surface area contributed by atoms with Gasteiger partial charge >= 0.3 is 0 Å². The third kappa shape index (κ3) is 5.53. The van der Waals surface area contributed by atoms with Gasteiger partial charge in [-0.15, -0.1) is 0 Å². The summed E-state index contributed by atoms with van der Waals surface area (Å²) in [5.74, 6) is -1.41. The van der Waals surface area contributed by atoms with Gasteiger partial charge in [0.1, 0.15) is 11.6 Å². The number of amides is 1. The van der Waals surface area contributed by atoms with Crippen molar-refractivity contribution >= 4 is 17.7 Å². The molecule has 2 aromatic carbocycles. The van der Waals surface area contributed by atoms with Crippen LogP contribution in [-0.2, 0) is 10.2 Å². The van der Waals surface area contributed by atoms with Crippen molar-refractivity contribution in [3.8, 4) is 6.07 Å². The van der Waals surface area contributed by atoms with E-state index in [0.29, 0.717) is 30.8 Å². The van der Waals surface area contributed by atoms with Crippen LogP contribution < -0.4 is 5.32 Å². The van der Waals surface area contributed by atoms with Gasteiger partial charge in [-0.1, -0.05) is 0 Å². The summed E-state index contributed by atoms with van der Waals surface area (Å²) in [7, 11) is 0. The average molecular weight is 507 g/mol. The molecule has 194 valence electrons. The lowest BCUT2D eigenvalue weighted by Crippen LogP contribution is -2.48. The fraction of sp³-hybridized carbons (Fsp3) is 0.448.